The molecule has 0 fully saturated rings. The highest BCUT2D eigenvalue weighted by Crippen LogP contribution is 2.43. The fourth-order valence-electron chi connectivity index (χ4n) is 4.48. The SMILES string of the molecule is C=CC(=O)Nc1cc(Nc2ncnc(N3CC(C)(C)c4ccccc43)n2)c(OCC(F)(F)F)nc1N(C)CCN(C)C. The zero-order valence-corrected chi connectivity index (χ0v) is 24.2. The van der Waals surface area contributed by atoms with Gasteiger partial charge in [-0.05, 0) is 37.9 Å². The van der Waals surface area contributed by atoms with Gasteiger partial charge in [-0.15, -0.1) is 0 Å². The van der Waals surface area contributed by atoms with Gasteiger partial charge in [0.25, 0.3) is 0 Å². The normalized spacial score (nSPS) is 14.0. The number of hydrogen-bond donors (Lipinski definition) is 2. The molecular formula is C28H34F3N9O2. The van der Waals surface area contributed by atoms with Crippen molar-refractivity contribution in [1.29, 1.82) is 0 Å². The number of hydrogen-bond acceptors (Lipinski definition) is 10. The molecule has 1 aliphatic heterocycles. The summed E-state index contributed by atoms with van der Waals surface area (Å²) in [6.07, 6.45) is -2.22. The van der Waals surface area contributed by atoms with Crippen LogP contribution in [0.1, 0.15) is 19.4 Å². The molecule has 3 heterocycles. The molecule has 11 nitrogen and oxygen atoms in total. The molecule has 1 aliphatic rings. The van der Waals surface area contributed by atoms with Gasteiger partial charge in [0.15, 0.2) is 12.4 Å². The van der Waals surface area contributed by atoms with Crippen LogP contribution in [0.5, 0.6) is 5.88 Å². The van der Waals surface area contributed by atoms with E-state index in [0.29, 0.717) is 25.6 Å². The summed E-state index contributed by atoms with van der Waals surface area (Å²) < 4.78 is 44.7. The lowest BCUT2D eigenvalue weighted by Gasteiger charge is -2.25. The average Bonchev–Trinajstić information content (AvgIpc) is 3.21. The third kappa shape index (κ3) is 7.24. The van der Waals surface area contributed by atoms with Gasteiger partial charge in [-0.3, -0.25) is 4.79 Å². The summed E-state index contributed by atoms with van der Waals surface area (Å²) in [6, 6.07) is 9.37. The molecule has 4 rings (SSSR count). The number of alkyl halides is 3. The van der Waals surface area contributed by atoms with E-state index in [1.165, 1.54) is 12.4 Å². The van der Waals surface area contributed by atoms with Gasteiger partial charge in [-0.2, -0.15) is 23.1 Å². The third-order valence-corrected chi connectivity index (χ3v) is 6.55. The number of nitrogens with one attached hydrogen (secondary N) is 2. The van der Waals surface area contributed by atoms with Gasteiger partial charge in [0.1, 0.15) is 12.0 Å². The van der Waals surface area contributed by atoms with Crippen LogP contribution in [-0.2, 0) is 10.2 Å². The van der Waals surface area contributed by atoms with E-state index in [1.54, 1.807) is 11.9 Å². The first kappa shape index (κ1) is 30.5. The smallest absolute Gasteiger partial charge is 0.422 e. The van der Waals surface area contributed by atoms with Crippen LogP contribution >= 0.6 is 0 Å². The highest BCUT2D eigenvalue weighted by molar-refractivity contribution is 6.01. The number of carbonyl (C=O) groups is 1. The molecule has 2 N–H and O–H groups in total. The number of aromatic nitrogens is 4. The van der Waals surface area contributed by atoms with Crippen LogP contribution in [-0.4, -0.2) is 84.3 Å². The molecule has 0 aliphatic carbocycles. The summed E-state index contributed by atoms with van der Waals surface area (Å²) in [5.41, 5.74) is 2.18. The van der Waals surface area contributed by atoms with Crippen LogP contribution in [0, 0.1) is 0 Å². The van der Waals surface area contributed by atoms with E-state index in [-0.39, 0.29) is 34.4 Å². The number of para-hydroxylation sites is 1. The molecule has 0 atom stereocenters. The number of carbonyl (C=O) groups excluding carboxylic acids is 1. The van der Waals surface area contributed by atoms with E-state index < -0.39 is 18.7 Å². The van der Waals surface area contributed by atoms with Gasteiger partial charge < -0.3 is 30.1 Å². The summed E-state index contributed by atoms with van der Waals surface area (Å²) in [5.74, 6) is -0.244. The lowest BCUT2D eigenvalue weighted by Crippen LogP contribution is -2.30. The molecule has 0 bridgehead atoms. The van der Waals surface area contributed by atoms with Crippen molar-refractivity contribution in [1.82, 2.24) is 24.8 Å². The fourth-order valence-corrected chi connectivity index (χ4v) is 4.48. The second kappa shape index (κ2) is 12.2. The Morgan fingerprint density at radius 2 is 1.88 bits per heavy atom. The zero-order chi connectivity index (χ0) is 30.7. The van der Waals surface area contributed by atoms with E-state index in [9.17, 15) is 18.0 Å². The summed E-state index contributed by atoms with van der Waals surface area (Å²) >= 11 is 0. The number of pyridine rings is 1. The van der Waals surface area contributed by atoms with Gasteiger partial charge in [0.05, 0.1) is 5.69 Å². The molecule has 0 unspecified atom stereocenters. The van der Waals surface area contributed by atoms with E-state index in [0.717, 1.165) is 17.3 Å². The van der Waals surface area contributed by atoms with Crippen molar-refractivity contribution in [3.63, 3.8) is 0 Å². The van der Waals surface area contributed by atoms with Crippen molar-refractivity contribution >= 4 is 40.7 Å². The Labute approximate surface area is 242 Å². The van der Waals surface area contributed by atoms with E-state index in [1.807, 2.05) is 42.1 Å². The Hall–Kier alpha value is -4.46. The number of nitrogens with zero attached hydrogens (tertiary/aromatic N) is 7. The third-order valence-electron chi connectivity index (χ3n) is 6.55. The molecule has 0 spiro atoms. The molecule has 0 saturated carbocycles. The monoisotopic (exact) mass is 585 g/mol. The molecular weight excluding hydrogens is 551 g/mol. The van der Waals surface area contributed by atoms with Crippen molar-refractivity contribution in [3.05, 3.63) is 54.9 Å². The number of likely N-dealkylation sites (N-methyl/N-ethyl adjacent to an activating group) is 2. The van der Waals surface area contributed by atoms with Gasteiger partial charge >= 0.3 is 6.18 Å². The quantitative estimate of drug-likeness (QED) is 0.312. The molecule has 14 heteroatoms. The number of benzene rings is 1. The van der Waals surface area contributed by atoms with Crippen molar-refractivity contribution in [2.75, 3.05) is 67.8 Å². The Morgan fingerprint density at radius 1 is 1.14 bits per heavy atom. The molecule has 2 aromatic heterocycles. The largest absolute Gasteiger partial charge is 0.466 e. The highest BCUT2D eigenvalue weighted by atomic mass is 19.4. The van der Waals surface area contributed by atoms with E-state index >= 15 is 0 Å². The average molecular weight is 586 g/mol. The van der Waals surface area contributed by atoms with Crippen LogP contribution in [0.25, 0.3) is 0 Å². The Morgan fingerprint density at radius 3 is 2.57 bits per heavy atom. The maximum atomic E-state index is 13.2. The van der Waals surface area contributed by atoms with Crippen LogP contribution in [0.2, 0.25) is 0 Å². The minimum atomic E-state index is -4.61. The number of rotatable bonds is 11. The fraction of sp³-hybridized carbons (Fsp3) is 0.393. The van der Waals surface area contributed by atoms with Crippen molar-refractivity contribution in [2.24, 2.45) is 0 Å². The number of amides is 1. The van der Waals surface area contributed by atoms with Gasteiger partial charge in [-0.1, -0.05) is 38.6 Å². The highest BCUT2D eigenvalue weighted by Gasteiger charge is 2.36. The summed E-state index contributed by atoms with van der Waals surface area (Å²) in [7, 11) is 5.48. The topological polar surface area (TPSA) is 112 Å². The van der Waals surface area contributed by atoms with E-state index in [2.05, 4.69) is 57.1 Å². The van der Waals surface area contributed by atoms with Gasteiger partial charge in [0.2, 0.25) is 23.7 Å². The first-order valence-electron chi connectivity index (χ1n) is 13.1. The van der Waals surface area contributed by atoms with Gasteiger partial charge in [0, 0.05) is 37.8 Å². The number of fused-ring (bicyclic) bond motifs is 1. The van der Waals surface area contributed by atoms with Crippen LogP contribution in [0.15, 0.2) is 49.3 Å². The molecule has 3 aromatic rings. The summed E-state index contributed by atoms with van der Waals surface area (Å²) in [4.78, 5) is 35.3. The first-order chi connectivity index (χ1) is 19.8. The molecule has 42 heavy (non-hydrogen) atoms. The predicted molar refractivity (Wildman–Crippen MR) is 156 cm³/mol. The molecule has 0 radical (unpaired) electrons. The van der Waals surface area contributed by atoms with Crippen molar-refractivity contribution in [2.45, 2.75) is 25.4 Å². The predicted octanol–water partition coefficient (Wildman–Crippen LogP) is 4.50. The molecule has 1 aromatic carbocycles. The van der Waals surface area contributed by atoms with Crippen molar-refractivity contribution < 1.29 is 22.7 Å². The second-order valence-electron chi connectivity index (χ2n) is 10.8. The summed E-state index contributed by atoms with van der Waals surface area (Å²) in [6.45, 7) is 7.85. The molecule has 1 amide bonds. The van der Waals surface area contributed by atoms with Crippen LogP contribution < -0.4 is 25.2 Å². The Bertz CT molecular complexity index is 1450. The van der Waals surface area contributed by atoms with Crippen LogP contribution in [0.3, 0.4) is 0 Å². The first-order valence-corrected chi connectivity index (χ1v) is 13.1. The second-order valence-corrected chi connectivity index (χ2v) is 10.8. The minimum Gasteiger partial charge on any atom is -0.466 e. The number of halogens is 3. The molecule has 0 saturated heterocycles. The number of anilines is 6. The maximum absolute atomic E-state index is 13.2. The van der Waals surface area contributed by atoms with Crippen LogP contribution in [0.4, 0.5) is 47.9 Å². The zero-order valence-electron chi connectivity index (χ0n) is 24.2. The summed E-state index contributed by atoms with van der Waals surface area (Å²) in [5, 5.41) is 5.59. The van der Waals surface area contributed by atoms with Gasteiger partial charge in [-0.25, -0.2) is 9.97 Å². The standard InChI is InChI=1S/C28H34F3N9O2/c1-7-22(41)34-19-14-20(24(42-16-28(29,30)31)36-23(19)39(6)13-12-38(4)5)35-25-32-17-33-26(37-25)40-15-27(2,3)18-10-8-9-11-21(18)40/h7-11,14,17H,1,12-13,15-16H2,2-6H3,(H,34,41)(H,32,33,35,37). The molecule has 224 valence electrons. The minimum absolute atomic E-state index is 0.0164. The maximum Gasteiger partial charge on any atom is 0.422 e. The Kier molecular flexibility index (Phi) is 8.85. The van der Waals surface area contributed by atoms with Crippen molar-refractivity contribution in [3.8, 4) is 5.88 Å². The Balaban J connectivity index is 1.73. The number of ether oxygens (including phenoxy) is 1. The lowest BCUT2D eigenvalue weighted by molar-refractivity contribution is -0.153. The lowest BCUT2D eigenvalue weighted by atomic mass is 9.87. The van der Waals surface area contributed by atoms with E-state index in [4.69, 9.17) is 4.74 Å².